The van der Waals surface area contributed by atoms with Crippen LogP contribution in [0.3, 0.4) is 0 Å². The largest absolute Gasteiger partial charge is 0.385 e. The molecule has 0 fully saturated rings. The molecule has 0 spiro atoms. The Morgan fingerprint density at radius 2 is 1.81 bits per heavy atom. The van der Waals surface area contributed by atoms with Crippen LogP contribution in [0.25, 0.3) is 0 Å². The molecular formula is C12H18NO2Si. The zero-order valence-electron chi connectivity index (χ0n) is 9.82. The van der Waals surface area contributed by atoms with Crippen LogP contribution in [0.2, 0.25) is 0 Å². The van der Waals surface area contributed by atoms with Crippen molar-refractivity contribution in [2.24, 2.45) is 0 Å². The average Bonchev–Trinajstić information content (AvgIpc) is 2.36. The fourth-order valence-corrected chi connectivity index (χ4v) is 1.57. The van der Waals surface area contributed by atoms with Gasteiger partial charge < -0.3 is 14.8 Å². The summed E-state index contributed by atoms with van der Waals surface area (Å²) in [5, 5.41) is 3.33. The van der Waals surface area contributed by atoms with Gasteiger partial charge in [-0.15, -0.1) is 0 Å². The molecule has 1 N–H and O–H groups in total. The number of hydrogen-bond acceptors (Lipinski definition) is 3. The maximum absolute atomic E-state index is 5.20. The predicted molar refractivity (Wildman–Crippen MR) is 66.7 cm³/mol. The first-order chi connectivity index (χ1) is 7.70. The first-order valence-electron chi connectivity index (χ1n) is 5.34. The zero-order valence-corrected chi connectivity index (χ0v) is 10.8. The van der Waals surface area contributed by atoms with Gasteiger partial charge in [0.05, 0.1) is 0 Å². The molecule has 16 heavy (non-hydrogen) atoms. The van der Waals surface area contributed by atoms with E-state index in [2.05, 4.69) is 15.6 Å². The Morgan fingerprint density at radius 1 is 1.19 bits per heavy atom. The lowest BCUT2D eigenvalue weighted by Crippen LogP contribution is -2.34. The van der Waals surface area contributed by atoms with Crippen molar-refractivity contribution in [3.05, 3.63) is 30.3 Å². The number of benzene rings is 1. The summed E-state index contributed by atoms with van der Waals surface area (Å²) in [5.41, 5.74) is 0.482. The number of methoxy groups -OCH3 is 2. The number of rotatable bonds is 7. The second-order valence-electron chi connectivity index (χ2n) is 3.56. The van der Waals surface area contributed by atoms with Crippen LogP contribution >= 0.6 is 0 Å². The van der Waals surface area contributed by atoms with Crippen LogP contribution in [0.5, 0.6) is 0 Å². The summed E-state index contributed by atoms with van der Waals surface area (Å²) < 4.78 is 10.4. The zero-order chi connectivity index (χ0) is 11.9. The van der Waals surface area contributed by atoms with Crippen LogP contribution in [0.4, 0.5) is 5.69 Å². The number of ether oxygens (including phenoxy) is 2. The van der Waals surface area contributed by atoms with E-state index >= 15 is 0 Å². The molecule has 0 aromatic heterocycles. The van der Waals surface area contributed by atoms with Crippen molar-refractivity contribution in [3.8, 4) is 0 Å². The maximum Gasteiger partial charge on any atom is 0.143 e. The molecule has 4 heteroatoms. The maximum atomic E-state index is 5.20. The third kappa shape index (κ3) is 4.34. The molecular weight excluding hydrogens is 218 g/mol. The Balaban J connectivity index is 2.22. The Hall–Kier alpha value is -0.843. The number of nitrogens with one attached hydrogen (secondary N) is 1. The number of para-hydroxylation sites is 1. The van der Waals surface area contributed by atoms with Gasteiger partial charge in [0.2, 0.25) is 0 Å². The fraction of sp³-hybridized carbons (Fsp3) is 0.500. The van der Waals surface area contributed by atoms with Crippen LogP contribution in [0.15, 0.2) is 30.3 Å². The second kappa shape index (κ2) is 6.68. The van der Waals surface area contributed by atoms with E-state index in [1.165, 1.54) is 0 Å². The molecule has 3 radical (unpaired) electrons. The summed E-state index contributed by atoms with van der Waals surface area (Å²) in [6, 6.07) is 10.1. The monoisotopic (exact) mass is 236 g/mol. The van der Waals surface area contributed by atoms with Crippen molar-refractivity contribution in [3.63, 3.8) is 0 Å². The van der Waals surface area contributed by atoms with Crippen molar-refractivity contribution >= 4 is 15.9 Å². The Bertz CT molecular complexity index is 288. The molecule has 0 aliphatic carbocycles. The molecule has 0 heterocycles. The highest BCUT2D eigenvalue weighted by Gasteiger charge is 2.21. The highest BCUT2D eigenvalue weighted by Crippen LogP contribution is 2.14. The van der Waals surface area contributed by atoms with E-state index < -0.39 is 5.41 Å². The van der Waals surface area contributed by atoms with Gasteiger partial charge in [0.1, 0.15) is 15.7 Å². The topological polar surface area (TPSA) is 30.5 Å². The molecule has 1 aromatic carbocycles. The summed E-state index contributed by atoms with van der Waals surface area (Å²) in [6.07, 6.45) is 1.75. The molecule has 0 unspecified atom stereocenters. The molecule has 0 amide bonds. The standard InChI is InChI=1S/C12H18NO2Si/c1-14-12(16,15-2)9-6-10-13-11-7-4-3-5-8-11/h3-5,7-8,13H,6,9-10H2,1-2H3. The second-order valence-corrected chi connectivity index (χ2v) is 4.32. The molecule has 3 nitrogen and oxygen atoms in total. The third-order valence-corrected chi connectivity index (χ3v) is 3.10. The van der Waals surface area contributed by atoms with E-state index in [9.17, 15) is 0 Å². The number of anilines is 1. The van der Waals surface area contributed by atoms with E-state index in [-0.39, 0.29) is 0 Å². The van der Waals surface area contributed by atoms with Gasteiger partial charge in [-0.3, -0.25) is 0 Å². The van der Waals surface area contributed by atoms with Crippen LogP contribution in [0.1, 0.15) is 12.8 Å². The summed E-state index contributed by atoms with van der Waals surface area (Å²) in [4.78, 5) is 0. The van der Waals surface area contributed by atoms with Crippen molar-refractivity contribution < 1.29 is 9.47 Å². The summed E-state index contributed by atoms with van der Waals surface area (Å²) in [7, 11) is 6.70. The molecule has 0 atom stereocenters. The minimum absolute atomic E-state index is 0.654. The highest BCUT2D eigenvalue weighted by atomic mass is 28.1. The van der Waals surface area contributed by atoms with Gasteiger partial charge in [-0.2, -0.15) is 0 Å². The minimum Gasteiger partial charge on any atom is -0.385 e. The lowest BCUT2D eigenvalue weighted by atomic mass is 10.2. The van der Waals surface area contributed by atoms with E-state index in [1.807, 2.05) is 30.3 Å². The summed E-state index contributed by atoms with van der Waals surface area (Å²) in [6.45, 7) is 0.892. The summed E-state index contributed by atoms with van der Waals surface area (Å²) in [5.74, 6) is 0. The Labute approximate surface area is 101 Å². The molecule has 0 saturated carbocycles. The lowest BCUT2D eigenvalue weighted by Gasteiger charge is -2.26. The van der Waals surface area contributed by atoms with Gasteiger partial charge in [0.15, 0.2) is 0 Å². The van der Waals surface area contributed by atoms with Crippen LogP contribution in [-0.2, 0) is 9.47 Å². The first-order valence-corrected chi connectivity index (χ1v) is 5.84. The first kappa shape index (κ1) is 13.2. The van der Waals surface area contributed by atoms with E-state index in [1.54, 1.807) is 14.2 Å². The predicted octanol–water partition coefficient (Wildman–Crippen LogP) is 1.99. The van der Waals surface area contributed by atoms with Crippen LogP contribution in [-0.4, -0.2) is 36.4 Å². The molecule has 0 aliphatic heterocycles. The average molecular weight is 236 g/mol. The third-order valence-electron chi connectivity index (χ3n) is 2.45. The molecule has 87 valence electrons. The molecule has 0 bridgehead atoms. The molecule has 1 rings (SSSR count). The van der Waals surface area contributed by atoms with Gasteiger partial charge in [-0.05, 0) is 25.0 Å². The van der Waals surface area contributed by atoms with Crippen molar-refractivity contribution in [1.82, 2.24) is 0 Å². The Morgan fingerprint density at radius 3 is 2.38 bits per heavy atom. The van der Waals surface area contributed by atoms with Gasteiger partial charge >= 0.3 is 0 Å². The molecule has 1 aromatic rings. The number of hydrogen-bond donors (Lipinski definition) is 1. The van der Waals surface area contributed by atoms with Crippen LogP contribution in [0, 0.1) is 0 Å². The van der Waals surface area contributed by atoms with Crippen molar-refractivity contribution in [1.29, 1.82) is 0 Å². The summed E-state index contributed by atoms with van der Waals surface area (Å²) >= 11 is 0. The van der Waals surface area contributed by atoms with Crippen molar-refractivity contribution in [2.75, 3.05) is 26.1 Å². The normalized spacial score (nSPS) is 11.4. The van der Waals surface area contributed by atoms with Gasteiger partial charge in [-0.25, -0.2) is 0 Å². The SMILES string of the molecule is COC([Si])(CCCNc1ccccc1)OC. The molecule has 0 saturated heterocycles. The van der Waals surface area contributed by atoms with Crippen LogP contribution < -0.4 is 5.32 Å². The molecule has 0 aliphatic rings. The highest BCUT2D eigenvalue weighted by molar-refractivity contribution is 6.13. The quantitative estimate of drug-likeness (QED) is 0.446. The van der Waals surface area contributed by atoms with Gasteiger partial charge in [0, 0.05) is 26.5 Å². The van der Waals surface area contributed by atoms with E-state index in [4.69, 9.17) is 9.47 Å². The van der Waals surface area contributed by atoms with E-state index in [0.717, 1.165) is 25.1 Å². The minimum atomic E-state index is -0.654. The smallest absolute Gasteiger partial charge is 0.143 e. The van der Waals surface area contributed by atoms with Gasteiger partial charge in [0.25, 0.3) is 0 Å². The van der Waals surface area contributed by atoms with E-state index in [0.29, 0.717) is 0 Å². The van der Waals surface area contributed by atoms with Gasteiger partial charge in [-0.1, -0.05) is 18.2 Å². The Kier molecular flexibility index (Phi) is 5.52. The van der Waals surface area contributed by atoms with Crippen molar-refractivity contribution in [2.45, 2.75) is 18.3 Å². The fourth-order valence-electron chi connectivity index (χ4n) is 1.40. The lowest BCUT2D eigenvalue weighted by molar-refractivity contribution is -0.146.